The molecule has 90 valence electrons. The minimum absolute atomic E-state index is 0.0836. The maximum Gasteiger partial charge on any atom is 0.389 e. The van der Waals surface area contributed by atoms with Gasteiger partial charge in [0, 0.05) is 12.5 Å². The van der Waals surface area contributed by atoms with Gasteiger partial charge in [0.05, 0.1) is 0 Å². The Labute approximate surface area is 89.4 Å². The summed E-state index contributed by atoms with van der Waals surface area (Å²) in [6, 6.07) is 0.0836. The molecule has 0 aromatic carbocycles. The molecule has 0 spiro atoms. The number of nitrogens with one attached hydrogen (secondary N) is 1. The van der Waals surface area contributed by atoms with Gasteiger partial charge in [0.25, 0.3) is 0 Å². The van der Waals surface area contributed by atoms with Gasteiger partial charge < -0.3 is 5.32 Å². The summed E-state index contributed by atoms with van der Waals surface area (Å²) < 4.78 is 36.3. The van der Waals surface area contributed by atoms with E-state index < -0.39 is 12.6 Å². The molecular formula is C11H20F3N. The Hall–Kier alpha value is -0.250. The van der Waals surface area contributed by atoms with E-state index in [9.17, 15) is 13.2 Å². The monoisotopic (exact) mass is 223 g/mol. The van der Waals surface area contributed by atoms with E-state index in [1.807, 2.05) is 6.92 Å². The smallest absolute Gasteiger partial charge is 0.314 e. The van der Waals surface area contributed by atoms with Gasteiger partial charge in [-0.15, -0.1) is 0 Å². The first-order chi connectivity index (χ1) is 7.03. The van der Waals surface area contributed by atoms with E-state index in [2.05, 4.69) is 5.32 Å². The van der Waals surface area contributed by atoms with Crippen molar-refractivity contribution in [2.24, 2.45) is 5.92 Å². The second-order valence-electron chi connectivity index (χ2n) is 4.41. The number of alkyl halides is 3. The molecule has 1 N–H and O–H groups in total. The first kappa shape index (κ1) is 12.8. The van der Waals surface area contributed by atoms with Crippen LogP contribution in [-0.4, -0.2) is 18.8 Å². The average Bonchev–Trinajstić information content (AvgIpc) is 2.05. The van der Waals surface area contributed by atoms with Crippen molar-refractivity contribution < 1.29 is 13.2 Å². The van der Waals surface area contributed by atoms with Crippen LogP contribution in [0.5, 0.6) is 0 Å². The highest BCUT2D eigenvalue weighted by atomic mass is 19.4. The molecule has 0 heterocycles. The molecule has 1 atom stereocenters. The molecule has 0 bridgehead atoms. The molecular weight excluding hydrogens is 203 g/mol. The molecule has 0 radical (unpaired) electrons. The Kier molecular flexibility index (Phi) is 4.90. The van der Waals surface area contributed by atoms with Crippen LogP contribution < -0.4 is 5.32 Å². The van der Waals surface area contributed by atoms with Crippen LogP contribution in [0.25, 0.3) is 0 Å². The number of hydrogen-bond donors (Lipinski definition) is 1. The highest BCUT2D eigenvalue weighted by molar-refractivity contribution is 4.83. The van der Waals surface area contributed by atoms with E-state index in [1.165, 1.54) is 6.42 Å². The van der Waals surface area contributed by atoms with Crippen LogP contribution in [0.1, 0.15) is 45.4 Å². The predicted molar refractivity (Wildman–Crippen MR) is 54.7 cm³/mol. The van der Waals surface area contributed by atoms with Crippen molar-refractivity contribution in [2.75, 3.05) is 6.54 Å². The number of halogens is 3. The third-order valence-electron chi connectivity index (χ3n) is 3.11. The summed E-state index contributed by atoms with van der Waals surface area (Å²) in [7, 11) is 0. The van der Waals surface area contributed by atoms with Crippen molar-refractivity contribution >= 4 is 0 Å². The Bertz CT molecular complexity index is 175. The van der Waals surface area contributed by atoms with Gasteiger partial charge >= 0.3 is 6.18 Å². The van der Waals surface area contributed by atoms with Gasteiger partial charge in [0.2, 0.25) is 0 Å². The third-order valence-corrected chi connectivity index (χ3v) is 3.11. The summed E-state index contributed by atoms with van der Waals surface area (Å²) in [6.45, 7) is 2.87. The zero-order valence-corrected chi connectivity index (χ0v) is 9.24. The van der Waals surface area contributed by atoms with Crippen LogP contribution in [-0.2, 0) is 0 Å². The summed E-state index contributed by atoms with van der Waals surface area (Å²) in [5, 5.41) is 3.24. The van der Waals surface area contributed by atoms with E-state index in [0.717, 1.165) is 25.8 Å². The first-order valence-electron chi connectivity index (χ1n) is 5.83. The van der Waals surface area contributed by atoms with Crippen molar-refractivity contribution in [3.05, 3.63) is 0 Å². The number of rotatable bonds is 6. The van der Waals surface area contributed by atoms with Crippen molar-refractivity contribution in [2.45, 2.75) is 57.7 Å². The normalized spacial score (nSPS) is 20.0. The quantitative estimate of drug-likeness (QED) is 0.726. The van der Waals surface area contributed by atoms with Crippen molar-refractivity contribution in [3.8, 4) is 0 Å². The Morgan fingerprint density at radius 2 is 2.00 bits per heavy atom. The molecule has 1 rings (SSSR count). The summed E-state index contributed by atoms with van der Waals surface area (Å²) in [5.74, 6) is 0.485. The second kappa shape index (κ2) is 5.73. The largest absolute Gasteiger partial charge is 0.389 e. The minimum atomic E-state index is -4.00. The van der Waals surface area contributed by atoms with Crippen molar-refractivity contribution in [1.82, 2.24) is 5.32 Å². The van der Waals surface area contributed by atoms with Gasteiger partial charge in [0.15, 0.2) is 0 Å². The van der Waals surface area contributed by atoms with Gasteiger partial charge in [0.1, 0.15) is 0 Å². The molecule has 4 heteroatoms. The lowest BCUT2D eigenvalue weighted by molar-refractivity contribution is -0.137. The van der Waals surface area contributed by atoms with Gasteiger partial charge in [-0.3, -0.25) is 0 Å². The standard InChI is InChI=1S/C11H20F3N/c1-2-8-15-10(9-4-3-5-9)6-7-11(12,13)14/h9-10,15H,2-8H2,1H3. The van der Waals surface area contributed by atoms with Gasteiger partial charge in [-0.25, -0.2) is 0 Å². The van der Waals surface area contributed by atoms with Crippen LogP contribution in [0.4, 0.5) is 13.2 Å². The average molecular weight is 223 g/mol. The molecule has 1 fully saturated rings. The van der Waals surface area contributed by atoms with E-state index >= 15 is 0 Å². The molecule has 0 aliphatic heterocycles. The topological polar surface area (TPSA) is 12.0 Å². The molecule has 0 amide bonds. The summed E-state index contributed by atoms with van der Waals surface area (Å²) in [5.41, 5.74) is 0. The highest BCUT2D eigenvalue weighted by Crippen LogP contribution is 2.33. The predicted octanol–water partition coefficient (Wildman–Crippen LogP) is 3.50. The summed E-state index contributed by atoms with van der Waals surface area (Å²) >= 11 is 0. The Morgan fingerprint density at radius 1 is 1.33 bits per heavy atom. The van der Waals surface area contributed by atoms with E-state index in [1.54, 1.807) is 0 Å². The van der Waals surface area contributed by atoms with Crippen LogP contribution in [0.3, 0.4) is 0 Å². The van der Waals surface area contributed by atoms with Gasteiger partial charge in [-0.2, -0.15) is 13.2 Å². The summed E-state index contributed by atoms with van der Waals surface area (Å²) in [4.78, 5) is 0. The molecule has 0 aromatic rings. The van der Waals surface area contributed by atoms with E-state index in [4.69, 9.17) is 0 Å². The van der Waals surface area contributed by atoms with Crippen LogP contribution in [0.15, 0.2) is 0 Å². The molecule has 0 saturated heterocycles. The molecule has 1 unspecified atom stereocenters. The van der Waals surface area contributed by atoms with Crippen LogP contribution in [0, 0.1) is 5.92 Å². The highest BCUT2D eigenvalue weighted by Gasteiger charge is 2.32. The lowest BCUT2D eigenvalue weighted by Gasteiger charge is -2.34. The molecule has 1 aliphatic rings. The Morgan fingerprint density at radius 3 is 2.40 bits per heavy atom. The van der Waals surface area contributed by atoms with E-state index in [0.29, 0.717) is 5.92 Å². The fourth-order valence-corrected chi connectivity index (χ4v) is 2.00. The molecule has 1 nitrogen and oxygen atoms in total. The molecule has 0 aromatic heterocycles. The molecule has 1 saturated carbocycles. The zero-order valence-electron chi connectivity index (χ0n) is 9.24. The zero-order chi connectivity index (χ0) is 11.3. The summed E-state index contributed by atoms with van der Waals surface area (Å²) in [6.07, 6.45) is -0.0519. The van der Waals surface area contributed by atoms with Crippen molar-refractivity contribution in [3.63, 3.8) is 0 Å². The lowest BCUT2D eigenvalue weighted by atomic mass is 9.78. The van der Waals surface area contributed by atoms with Gasteiger partial charge in [-0.05, 0) is 38.1 Å². The second-order valence-corrected chi connectivity index (χ2v) is 4.41. The molecule has 1 aliphatic carbocycles. The van der Waals surface area contributed by atoms with Crippen molar-refractivity contribution in [1.29, 1.82) is 0 Å². The fraction of sp³-hybridized carbons (Fsp3) is 1.00. The van der Waals surface area contributed by atoms with Crippen LogP contribution >= 0.6 is 0 Å². The first-order valence-corrected chi connectivity index (χ1v) is 5.83. The van der Waals surface area contributed by atoms with Crippen LogP contribution in [0.2, 0.25) is 0 Å². The SMILES string of the molecule is CCCNC(CCC(F)(F)F)C1CCC1. The molecule has 15 heavy (non-hydrogen) atoms. The minimum Gasteiger partial charge on any atom is -0.314 e. The van der Waals surface area contributed by atoms with Gasteiger partial charge in [-0.1, -0.05) is 13.3 Å². The Balaban J connectivity index is 2.28. The third kappa shape index (κ3) is 4.87. The lowest BCUT2D eigenvalue weighted by Crippen LogP contribution is -2.40. The maximum absolute atomic E-state index is 12.1. The van der Waals surface area contributed by atoms with E-state index in [-0.39, 0.29) is 12.5 Å². The number of hydrogen-bond acceptors (Lipinski definition) is 1. The maximum atomic E-state index is 12.1. The fourth-order valence-electron chi connectivity index (χ4n) is 2.00.